The van der Waals surface area contributed by atoms with Gasteiger partial charge in [0.15, 0.2) is 5.82 Å². The Balaban J connectivity index is 1.75. The van der Waals surface area contributed by atoms with Crippen LogP contribution < -0.4 is 15.4 Å². The molecule has 1 aliphatic heterocycles. The number of hydrogen-bond acceptors (Lipinski definition) is 4. The van der Waals surface area contributed by atoms with E-state index in [-0.39, 0.29) is 24.3 Å². The lowest BCUT2D eigenvalue weighted by molar-refractivity contribution is -0.123. The fraction of sp³-hybridized carbons (Fsp3) is 0.346. The number of anilines is 1. The molecule has 0 radical (unpaired) electrons. The smallest absolute Gasteiger partial charge is 0.230 e. The zero-order valence-electron chi connectivity index (χ0n) is 19.3. The molecule has 1 aromatic heterocycles. The number of aryl methyl sites for hydroxylation is 1. The van der Waals surface area contributed by atoms with Crippen molar-refractivity contribution < 1.29 is 14.3 Å². The number of hydrogen-bond donors (Lipinski definition) is 2. The lowest BCUT2D eigenvalue weighted by atomic mass is 10.0. The van der Waals surface area contributed by atoms with Crippen LogP contribution in [0.4, 0.5) is 5.82 Å². The Morgan fingerprint density at radius 1 is 1.21 bits per heavy atom. The van der Waals surface area contributed by atoms with Gasteiger partial charge in [0.25, 0.3) is 0 Å². The number of nitrogens with zero attached hydrogens (tertiary/aromatic N) is 2. The number of nitrogens with one attached hydrogen (secondary N) is 2. The van der Waals surface area contributed by atoms with E-state index < -0.39 is 5.92 Å². The molecule has 2 N–H and O–H groups in total. The number of ether oxygens (including phenoxy) is 1. The summed E-state index contributed by atoms with van der Waals surface area (Å²) in [6.45, 7) is 6.48. The number of rotatable bonds is 8. The molecule has 0 aliphatic carbocycles. The second-order valence-corrected chi connectivity index (χ2v) is 8.61. The van der Waals surface area contributed by atoms with Crippen LogP contribution in [0.5, 0.6) is 5.75 Å². The second-order valence-electron chi connectivity index (χ2n) is 8.61. The third kappa shape index (κ3) is 5.25. The molecule has 7 heteroatoms. The summed E-state index contributed by atoms with van der Waals surface area (Å²) in [5.41, 5.74) is 3.89. The monoisotopic (exact) mass is 446 g/mol. The van der Waals surface area contributed by atoms with E-state index in [1.54, 1.807) is 0 Å². The molecule has 0 unspecified atom stereocenters. The van der Waals surface area contributed by atoms with Gasteiger partial charge in [0, 0.05) is 24.6 Å². The van der Waals surface area contributed by atoms with Crippen LogP contribution in [0, 0.1) is 5.92 Å². The molecule has 1 atom stereocenters. The van der Waals surface area contributed by atoms with Gasteiger partial charge in [0.1, 0.15) is 11.4 Å². The maximum absolute atomic E-state index is 12.7. The Morgan fingerprint density at radius 2 is 2.03 bits per heavy atom. The maximum atomic E-state index is 12.7. The highest BCUT2D eigenvalue weighted by molar-refractivity contribution is 5.97. The van der Waals surface area contributed by atoms with Crippen molar-refractivity contribution in [2.45, 2.75) is 46.1 Å². The van der Waals surface area contributed by atoms with Crippen LogP contribution in [0.3, 0.4) is 0 Å². The summed E-state index contributed by atoms with van der Waals surface area (Å²) >= 11 is 0. The quantitative estimate of drug-likeness (QED) is 0.539. The van der Waals surface area contributed by atoms with E-state index in [0.717, 1.165) is 29.8 Å². The lowest BCUT2D eigenvalue weighted by Crippen LogP contribution is -2.24. The van der Waals surface area contributed by atoms with Gasteiger partial charge in [-0.05, 0) is 44.0 Å². The summed E-state index contributed by atoms with van der Waals surface area (Å²) in [7, 11) is 0. The minimum absolute atomic E-state index is 0.00428. The van der Waals surface area contributed by atoms with Crippen molar-refractivity contribution in [2.24, 2.45) is 5.92 Å². The van der Waals surface area contributed by atoms with Crippen LogP contribution in [0.15, 0.2) is 54.6 Å². The van der Waals surface area contributed by atoms with Crippen molar-refractivity contribution in [3.05, 3.63) is 60.2 Å². The Labute approximate surface area is 194 Å². The van der Waals surface area contributed by atoms with Gasteiger partial charge in [0.05, 0.1) is 17.7 Å². The second kappa shape index (κ2) is 9.90. The number of carbonyl (C=O) groups excluding carboxylic acids is 2. The highest BCUT2D eigenvalue weighted by atomic mass is 16.5. The van der Waals surface area contributed by atoms with Crippen LogP contribution in [0.25, 0.3) is 16.9 Å². The van der Waals surface area contributed by atoms with E-state index in [2.05, 4.69) is 29.7 Å². The lowest BCUT2D eigenvalue weighted by Gasteiger charge is -2.16. The van der Waals surface area contributed by atoms with E-state index in [0.29, 0.717) is 18.1 Å². The zero-order chi connectivity index (χ0) is 23.4. The predicted octanol–water partition coefficient (Wildman–Crippen LogP) is 4.35. The van der Waals surface area contributed by atoms with Gasteiger partial charge in [-0.25, -0.2) is 4.68 Å². The van der Waals surface area contributed by atoms with Crippen molar-refractivity contribution in [1.82, 2.24) is 15.1 Å². The van der Waals surface area contributed by atoms with Crippen LogP contribution in [0.2, 0.25) is 0 Å². The predicted molar refractivity (Wildman–Crippen MR) is 129 cm³/mol. The minimum atomic E-state index is -0.393. The fourth-order valence-electron chi connectivity index (χ4n) is 4.01. The molecule has 172 valence electrons. The van der Waals surface area contributed by atoms with Crippen molar-refractivity contribution in [2.75, 3.05) is 11.9 Å². The number of benzene rings is 2. The molecule has 0 saturated carbocycles. The molecule has 1 saturated heterocycles. The summed E-state index contributed by atoms with van der Waals surface area (Å²) in [6, 6.07) is 18.0. The molecule has 0 bridgehead atoms. The van der Waals surface area contributed by atoms with Gasteiger partial charge in [-0.15, -0.1) is 5.10 Å². The van der Waals surface area contributed by atoms with Crippen LogP contribution in [-0.2, 0) is 16.0 Å². The molecular formula is C26H30N4O3. The summed E-state index contributed by atoms with van der Waals surface area (Å²) in [5, 5.41) is 10.3. The van der Waals surface area contributed by atoms with Gasteiger partial charge in [-0.2, -0.15) is 0 Å². The van der Waals surface area contributed by atoms with E-state index >= 15 is 0 Å². The molecule has 2 aromatic carbocycles. The Bertz CT molecular complexity index is 1150. The summed E-state index contributed by atoms with van der Waals surface area (Å²) < 4.78 is 7.86. The molecule has 2 heterocycles. The normalized spacial score (nSPS) is 15.5. The van der Waals surface area contributed by atoms with Crippen LogP contribution >= 0.6 is 0 Å². The number of para-hydroxylation sites is 2. The molecule has 1 fully saturated rings. The first kappa shape index (κ1) is 22.6. The molecule has 0 spiro atoms. The Kier molecular flexibility index (Phi) is 6.77. The molecule has 1 aliphatic rings. The van der Waals surface area contributed by atoms with Crippen molar-refractivity contribution in [3.63, 3.8) is 0 Å². The number of amides is 2. The first-order valence-corrected chi connectivity index (χ1v) is 11.5. The molecule has 33 heavy (non-hydrogen) atoms. The molecule has 2 amide bonds. The highest BCUT2D eigenvalue weighted by Gasteiger charge is 2.28. The summed E-state index contributed by atoms with van der Waals surface area (Å²) in [5.74, 6) is 0.444. The van der Waals surface area contributed by atoms with Gasteiger partial charge in [-0.3, -0.25) is 9.59 Å². The van der Waals surface area contributed by atoms with Crippen molar-refractivity contribution in [3.8, 4) is 22.7 Å². The van der Waals surface area contributed by atoms with E-state index in [9.17, 15) is 9.59 Å². The minimum Gasteiger partial charge on any atom is -0.489 e. The van der Waals surface area contributed by atoms with Gasteiger partial charge in [-0.1, -0.05) is 43.7 Å². The molecule has 4 rings (SSSR count). The fourth-order valence-corrected chi connectivity index (χ4v) is 4.01. The van der Waals surface area contributed by atoms with E-state index in [4.69, 9.17) is 9.84 Å². The molecule has 7 nitrogen and oxygen atoms in total. The topological polar surface area (TPSA) is 85.3 Å². The van der Waals surface area contributed by atoms with Gasteiger partial charge < -0.3 is 15.4 Å². The third-order valence-electron chi connectivity index (χ3n) is 5.53. The number of carbonyl (C=O) groups is 2. The SMILES string of the molecule is CCCc1cccc(-c2cc(NC(=O)[C@@H]3CNC(=O)C3)nn2-c2ccccc2OC(C)C)c1. The third-order valence-corrected chi connectivity index (χ3v) is 5.53. The van der Waals surface area contributed by atoms with E-state index in [1.165, 1.54) is 5.56 Å². The van der Waals surface area contributed by atoms with Crippen molar-refractivity contribution >= 4 is 17.6 Å². The van der Waals surface area contributed by atoms with Crippen LogP contribution in [0.1, 0.15) is 39.2 Å². The van der Waals surface area contributed by atoms with Gasteiger partial charge in [0.2, 0.25) is 11.8 Å². The zero-order valence-corrected chi connectivity index (χ0v) is 19.3. The maximum Gasteiger partial charge on any atom is 0.230 e. The largest absolute Gasteiger partial charge is 0.489 e. The van der Waals surface area contributed by atoms with Crippen LogP contribution in [-0.4, -0.2) is 34.2 Å². The molecule has 3 aromatic rings. The Morgan fingerprint density at radius 3 is 2.76 bits per heavy atom. The first-order chi connectivity index (χ1) is 15.9. The summed E-state index contributed by atoms with van der Waals surface area (Å²) in [6.07, 6.45) is 2.25. The Hall–Kier alpha value is -3.61. The van der Waals surface area contributed by atoms with E-state index in [1.807, 2.05) is 61.0 Å². The summed E-state index contributed by atoms with van der Waals surface area (Å²) in [4.78, 5) is 24.3. The number of aromatic nitrogens is 2. The van der Waals surface area contributed by atoms with Crippen molar-refractivity contribution in [1.29, 1.82) is 0 Å². The standard InChI is InChI=1S/C26H30N4O3/c1-4-8-18-9-7-10-19(13-18)22-15-24(28-26(32)20-14-25(31)27-16-20)29-30(22)21-11-5-6-12-23(21)33-17(2)3/h5-7,9-13,15,17,20H,4,8,14,16H2,1-3H3,(H,27,31)(H,28,29,32)/t20-/m0/s1. The highest BCUT2D eigenvalue weighted by Crippen LogP contribution is 2.32. The molecular weight excluding hydrogens is 416 g/mol. The first-order valence-electron chi connectivity index (χ1n) is 11.5. The average Bonchev–Trinajstić information content (AvgIpc) is 3.41. The van der Waals surface area contributed by atoms with Gasteiger partial charge >= 0.3 is 0 Å². The average molecular weight is 447 g/mol.